The van der Waals surface area contributed by atoms with Gasteiger partial charge in [-0.1, -0.05) is 13.8 Å². The number of aliphatic carboxylic acids is 1. The monoisotopic (exact) mass is 258 g/mol. The quantitative estimate of drug-likeness (QED) is 0.727. The zero-order chi connectivity index (χ0) is 13.7. The van der Waals surface area contributed by atoms with Crippen molar-refractivity contribution < 1.29 is 19.4 Å². The van der Waals surface area contributed by atoms with Gasteiger partial charge in [0.2, 0.25) is 5.91 Å². The summed E-state index contributed by atoms with van der Waals surface area (Å²) >= 11 is 0. The Morgan fingerprint density at radius 1 is 1.50 bits per heavy atom. The minimum Gasteiger partial charge on any atom is -0.481 e. The van der Waals surface area contributed by atoms with Crippen molar-refractivity contribution in [2.24, 2.45) is 11.7 Å². The molecule has 0 aliphatic carbocycles. The molecule has 1 aliphatic rings. The van der Waals surface area contributed by atoms with E-state index in [1.807, 2.05) is 13.8 Å². The number of carboxylic acid groups (broad SMARTS) is 1. The predicted octanol–water partition coefficient (Wildman–Crippen LogP) is 0.0619. The van der Waals surface area contributed by atoms with Crippen molar-refractivity contribution in [2.75, 3.05) is 19.8 Å². The Bertz CT molecular complexity index is 306. The molecule has 3 N–H and O–H groups in total. The van der Waals surface area contributed by atoms with Gasteiger partial charge in [-0.05, 0) is 5.92 Å². The first kappa shape index (κ1) is 14.9. The molecule has 0 aromatic heterocycles. The fourth-order valence-corrected chi connectivity index (χ4v) is 1.91. The summed E-state index contributed by atoms with van der Waals surface area (Å²) in [4.78, 5) is 24.4. The summed E-state index contributed by atoms with van der Waals surface area (Å²) in [6, 6.07) is -0.561. The fraction of sp³-hybridized carbons (Fsp3) is 0.833. The first-order valence-electron chi connectivity index (χ1n) is 6.26. The molecule has 1 rings (SSSR count). The van der Waals surface area contributed by atoms with E-state index in [2.05, 4.69) is 0 Å². The van der Waals surface area contributed by atoms with Gasteiger partial charge in [0.25, 0.3) is 0 Å². The van der Waals surface area contributed by atoms with Crippen LogP contribution in [0.5, 0.6) is 0 Å². The number of hydrogen-bond donors (Lipinski definition) is 2. The van der Waals surface area contributed by atoms with Crippen molar-refractivity contribution in [1.82, 2.24) is 4.90 Å². The van der Waals surface area contributed by atoms with Crippen LogP contribution in [0.2, 0.25) is 0 Å². The third kappa shape index (κ3) is 4.27. The first-order valence-corrected chi connectivity index (χ1v) is 6.26. The van der Waals surface area contributed by atoms with E-state index in [1.165, 1.54) is 0 Å². The molecule has 0 spiro atoms. The van der Waals surface area contributed by atoms with Crippen molar-refractivity contribution >= 4 is 11.9 Å². The molecule has 18 heavy (non-hydrogen) atoms. The van der Waals surface area contributed by atoms with E-state index >= 15 is 0 Å². The zero-order valence-corrected chi connectivity index (χ0v) is 11.0. The number of carboxylic acids is 1. The van der Waals surface area contributed by atoms with E-state index in [0.717, 1.165) is 0 Å². The van der Waals surface area contributed by atoms with Gasteiger partial charge in [0, 0.05) is 19.0 Å². The number of nitrogens with two attached hydrogens (primary N) is 1. The van der Waals surface area contributed by atoms with Gasteiger partial charge in [-0.15, -0.1) is 0 Å². The van der Waals surface area contributed by atoms with Crippen molar-refractivity contribution in [2.45, 2.75) is 38.8 Å². The van der Waals surface area contributed by atoms with E-state index in [9.17, 15) is 9.59 Å². The molecule has 0 radical (unpaired) electrons. The van der Waals surface area contributed by atoms with Gasteiger partial charge < -0.3 is 20.5 Å². The van der Waals surface area contributed by atoms with Crippen LogP contribution in [0.15, 0.2) is 0 Å². The Labute approximate surface area is 107 Å². The van der Waals surface area contributed by atoms with E-state index in [-0.39, 0.29) is 43.4 Å². The van der Waals surface area contributed by atoms with E-state index < -0.39 is 5.97 Å². The maximum atomic E-state index is 12.1. The largest absolute Gasteiger partial charge is 0.481 e. The topological polar surface area (TPSA) is 92.9 Å². The van der Waals surface area contributed by atoms with Gasteiger partial charge in [-0.3, -0.25) is 9.59 Å². The molecule has 2 unspecified atom stereocenters. The summed E-state index contributed by atoms with van der Waals surface area (Å²) in [7, 11) is 0. The number of carbonyl (C=O) groups excluding carboxylic acids is 1. The standard InChI is InChI=1S/C12H22N2O4/c1-8(2)10(13)6-11(15)14-3-4-18-7-9(14)5-12(16)17/h8-10H,3-7,13H2,1-2H3,(H,16,17). The molecule has 0 bridgehead atoms. The third-order valence-electron chi connectivity index (χ3n) is 3.22. The highest BCUT2D eigenvalue weighted by Crippen LogP contribution is 2.14. The van der Waals surface area contributed by atoms with Crippen LogP contribution in [0.3, 0.4) is 0 Å². The highest BCUT2D eigenvalue weighted by atomic mass is 16.5. The van der Waals surface area contributed by atoms with Gasteiger partial charge >= 0.3 is 5.97 Å². The lowest BCUT2D eigenvalue weighted by molar-refractivity contribution is -0.146. The van der Waals surface area contributed by atoms with Crippen LogP contribution >= 0.6 is 0 Å². The average Bonchev–Trinajstić information content (AvgIpc) is 2.28. The molecule has 1 heterocycles. The lowest BCUT2D eigenvalue weighted by atomic mass is 10.0. The van der Waals surface area contributed by atoms with E-state index in [4.69, 9.17) is 15.6 Å². The Hall–Kier alpha value is -1.14. The summed E-state index contributed by atoms with van der Waals surface area (Å²) in [5.74, 6) is -0.768. The minimum absolute atomic E-state index is 0.0780. The minimum atomic E-state index is -0.920. The normalized spacial score (nSPS) is 22.0. The lowest BCUT2D eigenvalue weighted by Gasteiger charge is -2.35. The lowest BCUT2D eigenvalue weighted by Crippen LogP contribution is -2.51. The van der Waals surface area contributed by atoms with Crippen molar-refractivity contribution in [1.29, 1.82) is 0 Å². The zero-order valence-electron chi connectivity index (χ0n) is 11.0. The Morgan fingerprint density at radius 3 is 2.72 bits per heavy atom. The second-order valence-corrected chi connectivity index (χ2v) is 5.03. The van der Waals surface area contributed by atoms with E-state index in [1.54, 1.807) is 4.90 Å². The van der Waals surface area contributed by atoms with Crippen molar-refractivity contribution in [3.63, 3.8) is 0 Å². The van der Waals surface area contributed by atoms with E-state index in [0.29, 0.717) is 13.2 Å². The van der Waals surface area contributed by atoms with Gasteiger partial charge in [0.1, 0.15) is 0 Å². The summed E-state index contributed by atoms with van der Waals surface area (Å²) in [6.45, 7) is 5.12. The molecule has 104 valence electrons. The summed E-state index contributed by atoms with van der Waals surface area (Å²) in [5.41, 5.74) is 5.88. The molecule has 2 atom stereocenters. The Kier molecular flexibility index (Phi) is 5.55. The molecular formula is C12H22N2O4. The van der Waals surface area contributed by atoms with Crippen LogP contribution in [0, 0.1) is 5.92 Å². The highest BCUT2D eigenvalue weighted by molar-refractivity contribution is 5.78. The van der Waals surface area contributed by atoms with Crippen LogP contribution in [0.4, 0.5) is 0 Å². The molecule has 6 nitrogen and oxygen atoms in total. The number of amides is 1. The summed E-state index contributed by atoms with van der Waals surface area (Å²) < 4.78 is 5.23. The number of carbonyl (C=O) groups is 2. The molecule has 1 amide bonds. The predicted molar refractivity (Wildman–Crippen MR) is 66.0 cm³/mol. The first-order chi connectivity index (χ1) is 8.41. The maximum absolute atomic E-state index is 12.1. The second kappa shape index (κ2) is 6.70. The molecule has 6 heteroatoms. The second-order valence-electron chi connectivity index (χ2n) is 5.03. The highest BCUT2D eigenvalue weighted by Gasteiger charge is 2.30. The van der Waals surface area contributed by atoms with Crippen LogP contribution in [-0.2, 0) is 14.3 Å². The molecule has 1 fully saturated rings. The molecular weight excluding hydrogens is 236 g/mol. The SMILES string of the molecule is CC(C)C(N)CC(=O)N1CCOCC1CC(=O)O. The number of rotatable bonds is 5. The van der Waals surface area contributed by atoms with Gasteiger partial charge in [-0.2, -0.15) is 0 Å². The van der Waals surface area contributed by atoms with Crippen LogP contribution in [-0.4, -0.2) is 53.7 Å². The summed E-state index contributed by atoms with van der Waals surface area (Å²) in [6.07, 6.45) is 0.177. The van der Waals surface area contributed by atoms with Gasteiger partial charge in [0.15, 0.2) is 0 Å². The van der Waals surface area contributed by atoms with Crippen LogP contribution < -0.4 is 5.73 Å². The Morgan fingerprint density at radius 2 is 2.17 bits per heavy atom. The van der Waals surface area contributed by atoms with Gasteiger partial charge in [0.05, 0.1) is 25.7 Å². The van der Waals surface area contributed by atoms with Crippen molar-refractivity contribution in [3.05, 3.63) is 0 Å². The Balaban J connectivity index is 2.59. The number of hydrogen-bond acceptors (Lipinski definition) is 4. The molecule has 0 aromatic rings. The molecule has 0 saturated carbocycles. The molecule has 1 aliphatic heterocycles. The summed E-state index contributed by atoms with van der Waals surface area (Å²) in [5, 5.41) is 8.82. The number of ether oxygens (including phenoxy) is 1. The molecule has 0 aromatic carbocycles. The van der Waals surface area contributed by atoms with Gasteiger partial charge in [-0.25, -0.2) is 0 Å². The third-order valence-corrected chi connectivity index (χ3v) is 3.22. The smallest absolute Gasteiger partial charge is 0.305 e. The fourth-order valence-electron chi connectivity index (χ4n) is 1.91. The number of nitrogens with zero attached hydrogens (tertiary/aromatic N) is 1. The van der Waals surface area contributed by atoms with Crippen LogP contribution in [0.25, 0.3) is 0 Å². The van der Waals surface area contributed by atoms with Crippen LogP contribution in [0.1, 0.15) is 26.7 Å². The maximum Gasteiger partial charge on any atom is 0.305 e. The van der Waals surface area contributed by atoms with Crippen molar-refractivity contribution in [3.8, 4) is 0 Å². The molecule has 1 saturated heterocycles. The average molecular weight is 258 g/mol. The number of morpholine rings is 1.